The summed E-state index contributed by atoms with van der Waals surface area (Å²) in [6.07, 6.45) is 1.36. The fraction of sp³-hybridized carbons (Fsp3) is 0.524. The Morgan fingerprint density at radius 3 is 2.12 bits per heavy atom. The van der Waals surface area contributed by atoms with Gasteiger partial charge in [-0.3, -0.25) is 18.9 Å². The van der Waals surface area contributed by atoms with Crippen molar-refractivity contribution in [3.8, 4) is 0 Å². The first-order valence-corrected chi connectivity index (χ1v) is 12.4. The first-order chi connectivity index (χ1) is 15.6. The minimum Gasteiger partial charge on any atom is -0.355 e. The molecule has 0 radical (unpaired) electrons. The molecule has 2 aliphatic carbocycles. The lowest BCUT2D eigenvalue weighted by Gasteiger charge is -2.33. The molecule has 11 nitrogen and oxygen atoms in total. The highest BCUT2D eigenvalue weighted by atomic mass is 32.2. The van der Waals surface area contributed by atoms with Gasteiger partial charge in [-0.2, -0.15) is 8.42 Å². The fourth-order valence-corrected chi connectivity index (χ4v) is 4.53. The molecule has 1 fully saturated rings. The number of rotatable bonds is 11. The summed E-state index contributed by atoms with van der Waals surface area (Å²) in [7, 11) is -4.12. The second-order valence-electron chi connectivity index (χ2n) is 8.08. The normalized spacial score (nSPS) is 19.6. The summed E-state index contributed by atoms with van der Waals surface area (Å²) in [4.78, 5) is 51.7. The van der Waals surface area contributed by atoms with Crippen LogP contribution < -0.4 is 10.6 Å². The lowest BCUT2D eigenvalue weighted by molar-refractivity contribution is -0.171. The van der Waals surface area contributed by atoms with Gasteiger partial charge in [-0.25, -0.2) is 4.79 Å². The van der Waals surface area contributed by atoms with Crippen LogP contribution in [-0.4, -0.2) is 60.7 Å². The van der Waals surface area contributed by atoms with Crippen LogP contribution in [0.25, 0.3) is 0 Å². The predicted molar refractivity (Wildman–Crippen MR) is 115 cm³/mol. The minimum atomic E-state index is -4.12. The minimum absolute atomic E-state index is 0.0339. The number of nitrogens with one attached hydrogen (secondary N) is 2. The van der Waals surface area contributed by atoms with E-state index in [-0.39, 0.29) is 43.6 Å². The maximum Gasteiger partial charge on any atom is 0.432 e. The quantitative estimate of drug-likeness (QED) is 0.242. The summed E-state index contributed by atoms with van der Waals surface area (Å²) < 4.78 is 30.2. The molecule has 12 heteroatoms. The van der Waals surface area contributed by atoms with Gasteiger partial charge >= 0.3 is 6.09 Å². The number of carbonyl (C=O) groups excluding carboxylic acids is 4. The number of hydroxylamine groups is 2. The fourth-order valence-electron chi connectivity index (χ4n) is 4.17. The zero-order valence-corrected chi connectivity index (χ0v) is 18.8. The van der Waals surface area contributed by atoms with E-state index < -0.39 is 33.8 Å². The Kier molecular flexibility index (Phi) is 8.03. The van der Waals surface area contributed by atoms with Gasteiger partial charge in [-0.15, -0.1) is 5.06 Å². The van der Waals surface area contributed by atoms with Gasteiger partial charge in [-0.05, 0) is 42.2 Å². The summed E-state index contributed by atoms with van der Waals surface area (Å²) >= 11 is 0. The number of amides is 4. The van der Waals surface area contributed by atoms with Gasteiger partial charge in [-0.1, -0.05) is 24.3 Å². The standard InChI is InChI=1S/C21H27N3O8S/c25-18(22-12-13-33(29,30)31)8-7-17-15-5-3-14(4-6-15)16(17)2-1-11-23-21(28)32-24-19(26)9-10-20(24)27/h3-6,16-17H,1-2,7-13H2,(H,22,25)(H,23,28)(H,29,30,31). The highest BCUT2D eigenvalue weighted by molar-refractivity contribution is 7.85. The molecule has 1 saturated heterocycles. The molecule has 180 valence electrons. The first-order valence-electron chi connectivity index (χ1n) is 10.8. The molecule has 2 bridgehead atoms. The van der Waals surface area contributed by atoms with E-state index in [2.05, 4.69) is 10.6 Å². The number of carbonyl (C=O) groups is 4. The van der Waals surface area contributed by atoms with Gasteiger partial charge in [0.25, 0.3) is 21.9 Å². The van der Waals surface area contributed by atoms with Crippen molar-refractivity contribution in [2.45, 2.75) is 50.4 Å². The zero-order chi connectivity index (χ0) is 24.0. The van der Waals surface area contributed by atoms with Crippen molar-refractivity contribution in [2.75, 3.05) is 18.8 Å². The van der Waals surface area contributed by atoms with Crippen molar-refractivity contribution in [1.29, 1.82) is 0 Å². The molecule has 0 aromatic heterocycles. The van der Waals surface area contributed by atoms with Crippen LogP contribution in [-0.2, 0) is 29.3 Å². The van der Waals surface area contributed by atoms with E-state index in [1.807, 2.05) is 24.3 Å². The van der Waals surface area contributed by atoms with E-state index in [1.165, 1.54) is 0 Å². The third-order valence-corrected chi connectivity index (χ3v) is 6.50. The average molecular weight is 482 g/mol. The van der Waals surface area contributed by atoms with Crippen molar-refractivity contribution in [3.63, 3.8) is 0 Å². The molecule has 3 N–H and O–H groups in total. The van der Waals surface area contributed by atoms with Crippen molar-refractivity contribution < 1.29 is 37.0 Å². The van der Waals surface area contributed by atoms with Crippen LogP contribution in [0.3, 0.4) is 0 Å². The summed E-state index contributed by atoms with van der Waals surface area (Å²) in [5, 5.41) is 5.53. The molecule has 1 aliphatic heterocycles. The molecule has 1 heterocycles. The number of hydrogen-bond donors (Lipinski definition) is 3. The topological polar surface area (TPSA) is 159 Å². The van der Waals surface area contributed by atoms with E-state index in [9.17, 15) is 27.6 Å². The Morgan fingerprint density at radius 2 is 1.55 bits per heavy atom. The molecular formula is C21H27N3O8S. The Morgan fingerprint density at radius 1 is 0.970 bits per heavy atom. The van der Waals surface area contributed by atoms with Crippen molar-refractivity contribution in [2.24, 2.45) is 0 Å². The Balaban J connectivity index is 1.43. The van der Waals surface area contributed by atoms with Crippen molar-refractivity contribution in [1.82, 2.24) is 15.7 Å². The summed E-state index contributed by atoms with van der Waals surface area (Å²) in [5.74, 6) is -1.60. The lowest BCUT2D eigenvalue weighted by Crippen LogP contribution is -2.37. The van der Waals surface area contributed by atoms with E-state index in [4.69, 9.17) is 9.39 Å². The largest absolute Gasteiger partial charge is 0.432 e. The summed E-state index contributed by atoms with van der Waals surface area (Å²) in [6, 6.07) is 8.11. The van der Waals surface area contributed by atoms with Gasteiger partial charge in [0.2, 0.25) is 5.91 Å². The molecule has 2 atom stereocenters. The van der Waals surface area contributed by atoms with Gasteiger partial charge < -0.3 is 15.5 Å². The van der Waals surface area contributed by atoms with Gasteiger partial charge in [0.15, 0.2) is 0 Å². The van der Waals surface area contributed by atoms with E-state index in [0.29, 0.717) is 24.4 Å². The number of fused-ring (bicyclic) bond motifs is 3. The van der Waals surface area contributed by atoms with Crippen LogP contribution in [0, 0.1) is 0 Å². The molecule has 1 aromatic rings. The maximum absolute atomic E-state index is 12.1. The summed E-state index contributed by atoms with van der Waals surface area (Å²) in [6.45, 7) is 0.153. The highest BCUT2D eigenvalue weighted by Crippen LogP contribution is 2.43. The molecule has 3 aliphatic rings. The van der Waals surface area contributed by atoms with E-state index >= 15 is 0 Å². The van der Waals surface area contributed by atoms with Crippen LogP contribution in [0.1, 0.15) is 61.5 Å². The smallest absolute Gasteiger partial charge is 0.355 e. The molecular weight excluding hydrogens is 454 g/mol. The van der Waals surface area contributed by atoms with E-state index in [1.54, 1.807) is 0 Å². The van der Waals surface area contributed by atoms with Crippen LogP contribution in [0.2, 0.25) is 0 Å². The van der Waals surface area contributed by atoms with Crippen LogP contribution >= 0.6 is 0 Å². The molecule has 1 aromatic carbocycles. The number of hydrogen-bond acceptors (Lipinski definition) is 7. The highest BCUT2D eigenvalue weighted by Gasteiger charge is 2.33. The summed E-state index contributed by atoms with van der Waals surface area (Å²) in [5.41, 5.74) is 2.25. The number of imide groups is 1. The lowest BCUT2D eigenvalue weighted by atomic mass is 9.72. The monoisotopic (exact) mass is 481 g/mol. The molecule has 4 rings (SSSR count). The number of nitrogens with zero attached hydrogens (tertiary/aromatic N) is 1. The van der Waals surface area contributed by atoms with Crippen LogP contribution in [0.4, 0.5) is 4.79 Å². The molecule has 4 amide bonds. The molecule has 0 spiro atoms. The SMILES string of the molecule is O=C(CCC1c2ccc(cc2)C1CCCNC(=O)ON1C(=O)CCC1=O)NCCS(=O)(=O)O. The van der Waals surface area contributed by atoms with Crippen LogP contribution in [0.5, 0.6) is 0 Å². The van der Waals surface area contributed by atoms with Crippen LogP contribution in [0.15, 0.2) is 24.3 Å². The van der Waals surface area contributed by atoms with Gasteiger partial charge in [0.1, 0.15) is 0 Å². The zero-order valence-electron chi connectivity index (χ0n) is 18.0. The van der Waals surface area contributed by atoms with Gasteiger partial charge in [0.05, 0.1) is 5.75 Å². The maximum atomic E-state index is 12.1. The molecule has 0 saturated carbocycles. The third kappa shape index (κ3) is 6.99. The van der Waals surface area contributed by atoms with Crippen molar-refractivity contribution >= 4 is 33.9 Å². The van der Waals surface area contributed by atoms with Gasteiger partial charge in [0, 0.05) is 32.4 Å². The molecule has 2 unspecified atom stereocenters. The van der Waals surface area contributed by atoms with Crippen molar-refractivity contribution in [3.05, 3.63) is 35.4 Å². The average Bonchev–Trinajstić information content (AvgIpc) is 3.07. The first kappa shape index (κ1) is 24.6. The molecule has 33 heavy (non-hydrogen) atoms. The Hall–Kier alpha value is -2.99. The Bertz CT molecular complexity index is 993. The second-order valence-corrected chi connectivity index (χ2v) is 9.66. The Labute approximate surface area is 191 Å². The second kappa shape index (κ2) is 10.8. The predicted octanol–water partition coefficient (Wildman–Crippen LogP) is 1.22. The number of benzene rings is 1. The third-order valence-electron chi connectivity index (χ3n) is 5.78. The van der Waals surface area contributed by atoms with E-state index in [0.717, 1.165) is 17.5 Å².